The van der Waals surface area contributed by atoms with Crippen LogP contribution in [0.2, 0.25) is 0 Å². The van der Waals surface area contributed by atoms with Crippen LogP contribution in [0.25, 0.3) is 0 Å². The lowest BCUT2D eigenvalue weighted by Gasteiger charge is -2.52. The molecule has 2 aliphatic heterocycles. The van der Waals surface area contributed by atoms with Crippen LogP contribution in [0, 0.1) is 0 Å². The summed E-state index contributed by atoms with van der Waals surface area (Å²) >= 11 is 0. The van der Waals surface area contributed by atoms with Gasteiger partial charge >= 0.3 is 0 Å². The molecule has 0 amide bonds. The summed E-state index contributed by atoms with van der Waals surface area (Å²) in [5.41, 5.74) is 0.235. The van der Waals surface area contributed by atoms with Gasteiger partial charge in [0.25, 0.3) is 0 Å². The maximum absolute atomic E-state index is 9.01. The zero-order valence-electron chi connectivity index (χ0n) is 7.96. The molecule has 4 heteroatoms. The third-order valence-corrected chi connectivity index (χ3v) is 3.17. The Labute approximate surface area is 78.9 Å². The molecule has 0 aromatic rings. The van der Waals surface area contributed by atoms with Gasteiger partial charge in [-0.05, 0) is 6.42 Å². The largest absolute Gasteiger partial charge is 0.396 e. The average molecular weight is 186 g/mol. The first kappa shape index (κ1) is 9.40. The average Bonchev–Trinajstić information content (AvgIpc) is 2.13. The third-order valence-electron chi connectivity index (χ3n) is 3.17. The highest BCUT2D eigenvalue weighted by molar-refractivity contribution is 5.02. The summed E-state index contributed by atoms with van der Waals surface area (Å²) in [6.45, 7) is 6.05. The highest BCUT2D eigenvalue weighted by atomic mass is 16.5. The van der Waals surface area contributed by atoms with Gasteiger partial charge in [-0.25, -0.2) is 0 Å². The second-order valence-corrected chi connectivity index (χ2v) is 3.90. The molecule has 76 valence electrons. The molecule has 0 saturated carbocycles. The fourth-order valence-corrected chi connectivity index (χ4v) is 2.22. The molecule has 2 N–H and O–H groups in total. The molecule has 13 heavy (non-hydrogen) atoms. The normalized spacial score (nSPS) is 28.4. The van der Waals surface area contributed by atoms with Gasteiger partial charge in [-0.1, -0.05) is 0 Å². The van der Waals surface area contributed by atoms with E-state index in [1.807, 2.05) is 0 Å². The van der Waals surface area contributed by atoms with E-state index < -0.39 is 0 Å². The number of aliphatic hydroxyl groups excluding tert-OH is 1. The van der Waals surface area contributed by atoms with Gasteiger partial charge in [-0.2, -0.15) is 0 Å². The Morgan fingerprint density at radius 2 is 2.00 bits per heavy atom. The van der Waals surface area contributed by atoms with Crippen LogP contribution in [0.4, 0.5) is 0 Å². The second kappa shape index (κ2) is 3.92. The number of nitrogens with one attached hydrogen (secondary N) is 1. The first-order valence-electron chi connectivity index (χ1n) is 5.02. The maximum atomic E-state index is 9.01. The Morgan fingerprint density at radius 1 is 1.31 bits per heavy atom. The number of aliphatic hydroxyl groups is 1. The molecular weight excluding hydrogens is 168 g/mol. The van der Waals surface area contributed by atoms with Crippen molar-refractivity contribution in [2.75, 3.05) is 46.0 Å². The lowest BCUT2D eigenvalue weighted by molar-refractivity contribution is -0.0528. The van der Waals surface area contributed by atoms with E-state index in [0.717, 1.165) is 45.8 Å². The molecule has 4 nitrogen and oxygen atoms in total. The number of rotatable bonds is 3. The number of nitrogens with zero attached hydrogens (tertiary/aromatic N) is 1. The van der Waals surface area contributed by atoms with Crippen LogP contribution in [0.3, 0.4) is 0 Å². The highest BCUT2D eigenvalue weighted by Crippen LogP contribution is 2.25. The van der Waals surface area contributed by atoms with Crippen molar-refractivity contribution in [2.24, 2.45) is 0 Å². The molecule has 2 saturated heterocycles. The first-order valence-corrected chi connectivity index (χ1v) is 5.02. The van der Waals surface area contributed by atoms with Crippen molar-refractivity contribution in [2.45, 2.75) is 12.0 Å². The summed E-state index contributed by atoms with van der Waals surface area (Å²) in [4.78, 5) is 2.46. The van der Waals surface area contributed by atoms with Crippen molar-refractivity contribution in [3.8, 4) is 0 Å². The number of hydrogen-bond acceptors (Lipinski definition) is 4. The summed E-state index contributed by atoms with van der Waals surface area (Å²) in [7, 11) is 0. The highest BCUT2D eigenvalue weighted by Gasteiger charge is 2.42. The predicted molar refractivity (Wildman–Crippen MR) is 49.7 cm³/mol. The Balaban J connectivity index is 1.93. The zero-order chi connectivity index (χ0) is 9.15. The van der Waals surface area contributed by atoms with Crippen molar-refractivity contribution in [1.82, 2.24) is 10.2 Å². The maximum Gasteiger partial charge on any atom is 0.0594 e. The van der Waals surface area contributed by atoms with Gasteiger partial charge in [-0.15, -0.1) is 0 Å². The van der Waals surface area contributed by atoms with E-state index >= 15 is 0 Å². The Hall–Kier alpha value is -0.160. The molecule has 0 unspecified atom stereocenters. The van der Waals surface area contributed by atoms with Crippen LogP contribution in [0.1, 0.15) is 6.42 Å². The van der Waals surface area contributed by atoms with Crippen LogP contribution in [-0.4, -0.2) is 61.5 Å². The van der Waals surface area contributed by atoms with Crippen molar-refractivity contribution in [1.29, 1.82) is 0 Å². The number of hydrogen-bond donors (Lipinski definition) is 2. The van der Waals surface area contributed by atoms with E-state index in [1.165, 1.54) is 0 Å². The molecule has 2 fully saturated rings. The van der Waals surface area contributed by atoms with E-state index in [9.17, 15) is 0 Å². The summed E-state index contributed by atoms with van der Waals surface area (Å²) in [5.74, 6) is 0. The fourth-order valence-electron chi connectivity index (χ4n) is 2.22. The number of ether oxygens (including phenoxy) is 1. The minimum atomic E-state index is 0.235. The minimum absolute atomic E-state index is 0.235. The van der Waals surface area contributed by atoms with Crippen LogP contribution in [-0.2, 0) is 4.74 Å². The molecule has 0 aliphatic carbocycles. The zero-order valence-corrected chi connectivity index (χ0v) is 7.96. The first-order chi connectivity index (χ1) is 6.37. The summed E-state index contributed by atoms with van der Waals surface area (Å²) in [5, 5.41) is 12.3. The topological polar surface area (TPSA) is 44.7 Å². The van der Waals surface area contributed by atoms with Gasteiger partial charge in [0.05, 0.1) is 13.2 Å². The molecule has 0 spiro atoms. The summed E-state index contributed by atoms with van der Waals surface area (Å²) in [6, 6.07) is 0. The number of morpholine rings is 1. The van der Waals surface area contributed by atoms with Gasteiger partial charge in [0.2, 0.25) is 0 Å². The fraction of sp³-hybridized carbons (Fsp3) is 1.00. The lowest BCUT2D eigenvalue weighted by Crippen LogP contribution is -2.70. The van der Waals surface area contributed by atoms with Crippen molar-refractivity contribution in [3.63, 3.8) is 0 Å². The Bertz CT molecular complexity index is 165. The van der Waals surface area contributed by atoms with Crippen LogP contribution >= 0.6 is 0 Å². The van der Waals surface area contributed by atoms with Crippen LogP contribution < -0.4 is 5.32 Å². The van der Waals surface area contributed by atoms with Crippen LogP contribution in [0.15, 0.2) is 0 Å². The van der Waals surface area contributed by atoms with Crippen molar-refractivity contribution >= 4 is 0 Å². The SMILES string of the molecule is OCCC1(N2CCOCC2)CNC1. The predicted octanol–water partition coefficient (Wildman–Crippen LogP) is -0.957. The van der Waals surface area contributed by atoms with E-state index in [2.05, 4.69) is 10.2 Å². The lowest BCUT2D eigenvalue weighted by atomic mass is 9.86. The van der Waals surface area contributed by atoms with Gasteiger partial charge in [0.1, 0.15) is 0 Å². The molecule has 0 atom stereocenters. The standard InChI is InChI=1S/C9H18N2O2/c12-4-1-9(7-10-8-9)11-2-5-13-6-3-11/h10,12H,1-8H2. The Morgan fingerprint density at radius 3 is 2.46 bits per heavy atom. The smallest absolute Gasteiger partial charge is 0.0594 e. The summed E-state index contributed by atoms with van der Waals surface area (Å²) < 4.78 is 5.32. The third kappa shape index (κ3) is 1.72. The Kier molecular flexibility index (Phi) is 2.83. The van der Waals surface area contributed by atoms with Crippen molar-refractivity contribution in [3.05, 3.63) is 0 Å². The molecule has 0 aromatic heterocycles. The molecule has 0 bridgehead atoms. The van der Waals surface area contributed by atoms with Gasteiger partial charge in [-0.3, -0.25) is 4.90 Å². The van der Waals surface area contributed by atoms with E-state index in [0.29, 0.717) is 6.61 Å². The molecule has 2 heterocycles. The molecule has 0 aromatic carbocycles. The monoisotopic (exact) mass is 186 g/mol. The molecular formula is C9H18N2O2. The quantitative estimate of drug-likeness (QED) is 0.596. The van der Waals surface area contributed by atoms with E-state index in [1.54, 1.807) is 0 Å². The van der Waals surface area contributed by atoms with Gasteiger partial charge in [0, 0.05) is 38.3 Å². The van der Waals surface area contributed by atoms with Crippen molar-refractivity contribution < 1.29 is 9.84 Å². The molecule has 2 rings (SSSR count). The molecule has 2 aliphatic rings. The minimum Gasteiger partial charge on any atom is -0.396 e. The second-order valence-electron chi connectivity index (χ2n) is 3.90. The van der Waals surface area contributed by atoms with Crippen LogP contribution in [0.5, 0.6) is 0 Å². The van der Waals surface area contributed by atoms with Gasteiger partial charge in [0.15, 0.2) is 0 Å². The molecule has 0 radical (unpaired) electrons. The van der Waals surface area contributed by atoms with Gasteiger partial charge < -0.3 is 15.2 Å². The van der Waals surface area contributed by atoms with E-state index in [4.69, 9.17) is 9.84 Å². The summed E-state index contributed by atoms with van der Waals surface area (Å²) in [6.07, 6.45) is 0.889. The van der Waals surface area contributed by atoms with E-state index in [-0.39, 0.29) is 5.54 Å².